The molecule has 0 aliphatic rings. The molecule has 2 aromatic rings. The Morgan fingerprint density at radius 3 is 2.48 bits per heavy atom. The van der Waals surface area contributed by atoms with Crippen LogP contribution in [0.15, 0.2) is 39.8 Å². The normalized spacial score (nSPS) is 12.0. The highest BCUT2D eigenvalue weighted by atomic mass is 32.2. The molecule has 0 saturated carbocycles. The van der Waals surface area contributed by atoms with Crippen molar-refractivity contribution in [1.29, 1.82) is 0 Å². The van der Waals surface area contributed by atoms with E-state index in [0.29, 0.717) is 0 Å². The molecule has 9 heteroatoms. The Bertz CT molecular complexity index is 884. The first-order chi connectivity index (χ1) is 11.5. The van der Waals surface area contributed by atoms with Crippen LogP contribution < -0.4 is 14.8 Å². The summed E-state index contributed by atoms with van der Waals surface area (Å²) >= 11 is 0. The Hall–Kier alpha value is -2.39. The van der Waals surface area contributed by atoms with Gasteiger partial charge in [0.1, 0.15) is 11.6 Å². The van der Waals surface area contributed by atoms with Gasteiger partial charge < -0.3 is 14.5 Å². The predicted molar refractivity (Wildman–Crippen MR) is 89.7 cm³/mol. The van der Waals surface area contributed by atoms with E-state index < -0.39 is 27.3 Å². The number of amides is 1. The molecule has 0 aliphatic carbocycles. The monoisotopic (exact) mass is 370 g/mol. The van der Waals surface area contributed by atoms with Crippen LogP contribution >= 0.6 is 0 Å². The van der Waals surface area contributed by atoms with Gasteiger partial charge in [-0.05, 0) is 45.0 Å². The lowest BCUT2D eigenvalue weighted by Crippen LogP contribution is -2.40. The molecule has 0 aliphatic heterocycles. The maximum Gasteiger partial charge on any atom is 0.291 e. The minimum Gasteiger partial charge on any atom is -0.494 e. The molecule has 0 bridgehead atoms. The van der Waals surface area contributed by atoms with Crippen LogP contribution in [0.1, 0.15) is 31.3 Å². The second-order valence-corrected chi connectivity index (χ2v) is 7.89. The van der Waals surface area contributed by atoms with Gasteiger partial charge in [-0.2, -0.15) is 0 Å². The maximum atomic E-state index is 13.2. The summed E-state index contributed by atoms with van der Waals surface area (Å²) in [6.07, 6.45) is 0. The van der Waals surface area contributed by atoms with Crippen molar-refractivity contribution < 1.29 is 26.8 Å². The van der Waals surface area contributed by atoms with Gasteiger partial charge in [0.2, 0.25) is 5.09 Å². The number of rotatable bonds is 5. The van der Waals surface area contributed by atoms with Gasteiger partial charge in [0.05, 0.1) is 12.8 Å². The van der Waals surface area contributed by atoms with Crippen LogP contribution in [0.4, 0.5) is 10.1 Å². The minimum absolute atomic E-state index is 0.127. The molecule has 2 N–H and O–H groups in total. The van der Waals surface area contributed by atoms with Crippen molar-refractivity contribution in [3.63, 3.8) is 0 Å². The lowest BCUT2D eigenvalue weighted by molar-refractivity contribution is 0.0991. The highest BCUT2D eigenvalue weighted by Crippen LogP contribution is 2.26. The average Bonchev–Trinajstić information content (AvgIpc) is 2.97. The van der Waals surface area contributed by atoms with E-state index in [1.54, 1.807) is 20.8 Å². The lowest BCUT2D eigenvalue weighted by atomic mass is 10.1. The molecular weight excluding hydrogens is 351 g/mol. The summed E-state index contributed by atoms with van der Waals surface area (Å²) in [6.45, 7) is 5.05. The Morgan fingerprint density at radius 1 is 1.20 bits per heavy atom. The van der Waals surface area contributed by atoms with E-state index in [2.05, 4.69) is 10.0 Å². The van der Waals surface area contributed by atoms with Crippen molar-refractivity contribution in [1.82, 2.24) is 4.72 Å². The van der Waals surface area contributed by atoms with Gasteiger partial charge in [-0.3, -0.25) is 4.79 Å². The van der Waals surface area contributed by atoms with E-state index in [0.717, 1.165) is 12.1 Å². The highest BCUT2D eigenvalue weighted by Gasteiger charge is 2.26. The maximum absolute atomic E-state index is 13.2. The quantitative estimate of drug-likeness (QED) is 0.843. The Balaban J connectivity index is 2.21. The van der Waals surface area contributed by atoms with E-state index in [1.165, 1.54) is 25.3 Å². The number of hydrogen-bond donors (Lipinski definition) is 2. The number of carbonyl (C=O) groups excluding carboxylic acids is 1. The summed E-state index contributed by atoms with van der Waals surface area (Å²) in [5.74, 6) is -1.29. The summed E-state index contributed by atoms with van der Waals surface area (Å²) in [5, 5.41) is 2.10. The first-order valence-corrected chi connectivity index (χ1v) is 8.79. The Morgan fingerprint density at radius 2 is 1.88 bits per heavy atom. The summed E-state index contributed by atoms with van der Waals surface area (Å²) in [4.78, 5) is 12.2. The van der Waals surface area contributed by atoms with Crippen molar-refractivity contribution in [2.45, 2.75) is 31.4 Å². The number of halogens is 1. The van der Waals surface area contributed by atoms with Crippen molar-refractivity contribution >= 4 is 21.6 Å². The molecule has 0 fully saturated rings. The topological polar surface area (TPSA) is 97.6 Å². The SMILES string of the molecule is COc1cc(F)ccc1NC(=O)c1ccc(S(=O)(=O)NC(C)(C)C)o1. The molecule has 0 atom stereocenters. The Labute approximate surface area is 145 Å². The molecule has 0 radical (unpaired) electrons. The van der Waals surface area contributed by atoms with E-state index >= 15 is 0 Å². The van der Waals surface area contributed by atoms with Gasteiger partial charge in [0.15, 0.2) is 5.76 Å². The van der Waals surface area contributed by atoms with Crippen LogP contribution in [0.25, 0.3) is 0 Å². The molecule has 1 heterocycles. The van der Waals surface area contributed by atoms with Crippen molar-refractivity contribution in [3.05, 3.63) is 41.9 Å². The van der Waals surface area contributed by atoms with Crippen LogP contribution in [0.2, 0.25) is 0 Å². The van der Waals surface area contributed by atoms with Gasteiger partial charge in [-0.25, -0.2) is 17.5 Å². The number of ether oxygens (including phenoxy) is 1. The van der Waals surface area contributed by atoms with E-state index in [4.69, 9.17) is 9.15 Å². The lowest BCUT2D eigenvalue weighted by Gasteiger charge is -2.18. The number of sulfonamides is 1. The van der Waals surface area contributed by atoms with Crippen LogP contribution in [0, 0.1) is 5.82 Å². The molecular formula is C16H19FN2O5S. The zero-order valence-corrected chi connectivity index (χ0v) is 15.0. The predicted octanol–water partition coefficient (Wildman–Crippen LogP) is 2.76. The van der Waals surface area contributed by atoms with Gasteiger partial charge >= 0.3 is 0 Å². The summed E-state index contributed by atoms with van der Waals surface area (Å²) < 4.78 is 50.1. The minimum atomic E-state index is -3.89. The molecule has 7 nitrogen and oxygen atoms in total. The van der Waals surface area contributed by atoms with E-state index in [-0.39, 0.29) is 22.3 Å². The molecule has 1 aromatic carbocycles. The number of carbonyl (C=O) groups is 1. The molecule has 0 spiro atoms. The van der Waals surface area contributed by atoms with E-state index in [1.807, 2.05) is 0 Å². The van der Waals surface area contributed by atoms with Crippen molar-refractivity contribution in [2.24, 2.45) is 0 Å². The molecule has 1 amide bonds. The van der Waals surface area contributed by atoms with E-state index in [9.17, 15) is 17.6 Å². The number of anilines is 1. The Kier molecular flexibility index (Phi) is 5.19. The van der Waals surface area contributed by atoms with Crippen molar-refractivity contribution in [2.75, 3.05) is 12.4 Å². The summed E-state index contributed by atoms with van der Waals surface area (Å²) in [5.41, 5.74) is -0.474. The fourth-order valence-corrected chi connectivity index (χ4v) is 3.35. The van der Waals surface area contributed by atoms with Gasteiger partial charge in [0, 0.05) is 11.6 Å². The van der Waals surface area contributed by atoms with Gasteiger partial charge in [-0.15, -0.1) is 0 Å². The summed E-state index contributed by atoms with van der Waals surface area (Å²) in [7, 11) is -2.56. The highest BCUT2D eigenvalue weighted by molar-refractivity contribution is 7.89. The first kappa shape index (κ1) is 18.9. The molecule has 136 valence electrons. The third-order valence-electron chi connectivity index (χ3n) is 2.92. The van der Waals surface area contributed by atoms with Crippen LogP contribution in [0.3, 0.4) is 0 Å². The van der Waals surface area contributed by atoms with Crippen LogP contribution in [0.5, 0.6) is 5.75 Å². The second kappa shape index (κ2) is 6.85. The number of benzene rings is 1. The number of furan rings is 1. The standard InChI is InChI=1S/C16H19FN2O5S/c1-16(2,3)19-25(21,22)14-8-7-12(24-14)15(20)18-11-6-5-10(17)9-13(11)23-4/h5-9,19H,1-4H3,(H,18,20). The number of methoxy groups -OCH3 is 1. The third-order valence-corrected chi connectivity index (χ3v) is 4.55. The largest absolute Gasteiger partial charge is 0.494 e. The average molecular weight is 370 g/mol. The molecule has 0 saturated heterocycles. The third kappa shape index (κ3) is 4.80. The number of hydrogen-bond acceptors (Lipinski definition) is 5. The van der Waals surface area contributed by atoms with Crippen molar-refractivity contribution in [3.8, 4) is 5.75 Å². The summed E-state index contributed by atoms with van der Waals surface area (Å²) in [6, 6.07) is 6.02. The zero-order chi connectivity index (χ0) is 18.8. The van der Waals surface area contributed by atoms with Crippen LogP contribution in [-0.2, 0) is 10.0 Å². The fourth-order valence-electron chi connectivity index (χ4n) is 1.99. The molecule has 25 heavy (non-hydrogen) atoms. The smallest absolute Gasteiger partial charge is 0.291 e. The van der Waals surface area contributed by atoms with Gasteiger partial charge in [0.25, 0.3) is 15.9 Å². The number of nitrogens with one attached hydrogen (secondary N) is 2. The van der Waals surface area contributed by atoms with Gasteiger partial charge in [-0.1, -0.05) is 0 Å². The molecule has 0 unspecified atom stereocenters. The molecule has 2 rings (SSSR count). The second-order valence-electron chi connectivity index (χ2n) is 6.27. The first-order valence-electron chi connectivity index (χ1n) is 7.30. The molecule has 1 aromatic heterocycles. The fraction of sp³-hybridized carbons (Fsp3) is 0.312. The zero-order valence-electron chi connectivity index (χ0n) is 14.2. The van der Waals surface area contributed by atoms with Crippen LogP contribution in [-0.4, -0.2) is 27.0 Å².